The quantitative estimate of drug-likeness (QED) is 0.886. The number of halogens is 1. The van der Waals surface area contributed by atoms with Crippen molar-refractivity contribution in [3.05, 3.63) is 22.8 Å². The summed E-state index contributed by atoms with van der Waals surface area (Å²) < 4.78 is 1.05. The van der Waals surface area contributed by atoms with Gasteiger partial charge in [-0.3, -0.25) is 0 Å². The summed E-state index contributed by atoms with van der Waals surface area (Å²) in [5, 5.41) is 3.42. The molecule has 2 nitrogen and oxygen atoms in total. The number of hydrogen-bond acceptors (Lipinski definition) is 2. The zero-order valence-corrected chi connectivity index (χ0v) is 12.0. The van der Waals surface area contributed by atoms with Crippen LogP contribution in [0.15, 0.2) is 22.8 Å². The second-order valence-electron chi connectivity index (χ2n) is 5.19. The summed E-state index contributed by atoms with van der Waals surface area (Å²) >= 11 is 3.51. The fourth-order valence-corrected chi connectivity index (χ4v) is 3.13. The van der Waals surface area contributed by atoms with Gasteiger partial charge in [0.1, 0.15) is 5.82 Å². The molecule has 1 fully saturated rings. The molecule has 0 bridgehead atoms. The lowest BCUT2D eigenvalue weighted by Crippen LogP contribution is -2.16. The zero-order chi connectivity index (χ0) is 12.1. The molecule has 94 valence electrons. The first kappa shape index (κ1) is 12.9. The Balaban J connectivity index is 1.74. The standard InChI is InChI=1S/C14H21BrN2/c1-11-4-2-5-12(10-11)7-9-17-14-13(15)6-3-8-16-14/h3,6,8,11-12H,2,4-5,7,9-10H2,1H3,(H,16,17). The fourth-order valence-electron chi connectivity index (χ4n) is 2.73. The van der Waals surface area contributed by atoms with Crippen LogP contribution in [0.4, 0.5) is 5.82 Å². The topological polar surface area (TPSA) is 24.9 Å². The van der Waals surface area contributed by atoms with Crippen molar-refractivity contribution in [3.8, 4) is 0 Å². The van der Waals surface area contributed by atoms with Gasteiger partial charge in [0.25, 0.3) is 0 Å². The lowest BCUT2D eigenvalue weighted by molar-refractivity contribution is 0.274. The minimum Gasteiger partial charge on any atom is -0.369 e. The highest BCUT2D eigenvalue weighted by Gasteiger charge is 2.18. The van der Waals surface area contributed by atoms with Gasteiger partial charge < -0.3 is 5.32 Å². The molecular formula is C14H21BrN2. The van der Waals surface area contributed by atoms with Crippen LogP contribution < -0.4 is 5.32 Å². The highest BCUT2D eigenvalue weighted by molar-refractivity contribution is 9.10. The zero-order valence-electron chi connectivity index (χ0n) is 10.5. The van der Waals surface area contributed by atoms with Crippen LogP contribution in [0.25, 0.3) is 0 Å². The Hall–Kier alpha value is -0.570. The molecule has 0 aliphatic heterocycles. The summed E-state index contributed by atoms with van der Waals surface area (Å²) in [4.78, 5) is 4.32. The molecule has 17 heavy (non-hydrogen) atoms. The third-order valence-corrected chi connectivity index (χ3v) is 4.29. The number of hydrogen-bond donors (Lipinski definition) is 1. The molecule has 0 aromatic carbocycles. The van der Waals surface area contributed by atoms with Crippen molar-refractivity contribution in [1.82, 2.24) is 4.98 Å². The molecule has 1 aromatic heterocycles. The van der Waals surface area contributed by atoms with E-state index in [1.54, 1.807) is 0 Å². The molecule has 1 heterocycles. The highest BCUT2D eigenvalue weighted by atomic mass is 79.9. The molecule has 2 rings (SSSR count). The molecule has 2 unspecified atom stereocenters. The Morgan fingerprint density at radius 1 is 1.47 bits per heavy atom. The normalized spacial score (nSPS) is 24.6. The van der Waals surface area contributed by atoms with Crippen LogP contribution in [0.1, 0.15) is 39.0 Å². The van der Waals surface area contributed by atoms with Gasteiger partial charge in [-0.05, 0) is 52.7 Å². The third-order valence-electron chi connectivity index (χ3n) is 3.65. The van der Waals surface area contributed by atoms with Crippen molar-refractivity contribution >= 4 is 21.7 Å². The van der Waals surface area contributed by atoms with E-state index in [0.717, 1.165) is 28.7 Å². The first-order chi connectivity index (χ1) is 8.25. The Labute approximate surface area is 112 Å². The molecule has 0 radical (unpaired) electrons. The van der Waals surface area contributed by atoms with Crippen molar-refractivity contribution in [2.75, 3.05) is 11.9 Å². The number of nitrogens with one attached hydrogen (secondary N) is 1. The molecule has 0 saturated heterocycles. The van der Waals surface area contributed by atoms with E-state index in [0.29, 0.717) is 0 Å². The van der Waals surface area contributed by atoms with Crippen LogP contribution in [0.2, 0.25) is 0 Å². The smallest absolute Gasteiger partial charge is 0.140 e. The lowest BCUT2D eigenvalue weighted by Gasteiger charge is -2.26. The summed E-state index contributed by atoms with van der Waals surface area (Å²) in [5.74, 6) is 2.81. The maximum Gasteiger partial charge on any atom is 0.140 e. The maximum atomic E-state index is 4.32. The van der Waals surface area contributed by atoms with Crippen LogP contribution in [-0.4, -0.2) is 11.5 Å². The van der Waals surface area contributed by atoms with E-state index < -0.39 is 0 Å². The number of nitrogens with zero attached hydrogens (tertiary/aromatic N) is 1. The molecule has 1 N–H and O–H groups in total. The third kappa shape index (κ3) is 3.98. The van der Waals surface area contributed by atoms with Crippen molar-refractivity contribution < 1.29 is 0 Å². The average molecular weight is 297 g/mol. The molecule has 1 aromatic rings. The summed E-state index contributed by atoms with van der Waals surface area (Å²) in [6.45, 7) is 3.42. The minimum atomic E-state index is 0.911. The average Bonchev–Trinajstić information content (AvgIpc) is 2.32. The number of anilines is 1. The molecule has 1 aliphatic rings. The molecule has 2 atom stereocenters. The van der Waals surface area contributed by atoms with Gasteiger partial charge in [0, 0.05) is 12.7 Å². The van der Waals surface area contributed by atoms with Crippen molar-refractivity contribution in [2.24, 2.45) is 11.8 Å². The van der Waals surface area contributed by atoms with Gasteiger partial charge in [0.15, 0.2) is 0 Å². The van der Waals surface area contributed by atoms with Gasteiger partial charge in [-0.2, -0.15) is 0 Å². The summed E-state index contributed by atoms with van der Waals surface area (Å²) in [7, 11) is 0. The second-order valence-corrected chi connectivity index (χ2v) is 6.04. The molecule has 1 saturated carbocycles. The summed E-state index contributed by atoms with van der Waals surface area (Å²) in [6, 6.07) is 3.97. The minimum absolute atomic E-state index is 0.911. The lowest BCUT2D eigenvalue weighted by atomic mass is 9.81. The highest BCUT2D eigenvalue weighted by Crippen LogP contribution is 2.30. The number of rotatable bonds is 4. The molecule has 0 amide bonds. The molecule has 1 aliphatic carbocycles. The number of pyridine rings is 1. The van der Waals surface area contributed by atoms with Gasteiger partial charge in [-0.25, -0.2) is 4.98 Å². The van der Waals surface area contributed by atoms with E-state index in [9.17, 15) is 0 Å². The second kappa shape index (κ2) is 6.39. The van der Waals surface area contributed by atoms with E-state index in [-0.39, 0.29) is 0 Å². The van der Waals surface area contributed by atoms with Gasteiger partial charge in [0.05, 0.1) is 4.47 Å². The van der Waals surface area contributed by atoms with Crippen LogP contribution in [-0.2, 0) is 0 Å². The van der Waals surface area contributed by atoms with Crippen LogP contribution >= 0.6 is 15.9 Å². The molecular weight excluding hydrogens is 276 g/mol. The summed E-state index contributed by atoms with van der Waals surface area (Å²) in [6.07, 6.45) is 8.76. The van der Waals surface area contributed by atoms with E-state index in [2.05, 4.69) is 33.2 Å². The molecule has 3 heteroatoms. The van der Waals surface area contributed by atoms with Gasteiger partial charge in [-0.15, -0.1) is 0 Å². The fraction of sp³-hybridized carbons (Fsp3) is 0.643. The first-order valence-corrected chi connectivity index (χ1v) is 7.39. The van der Waals surface area contributed by atoms with Crippen LogP contribution in [0.5, 0.6) is 0 Å². The monoisotopic (exact) mass is 296 g/mol. The predicted octanol–water partition coefficient (Wildman–Crippen LogP) is 4.47. The maximum absolute atomic E-state index is 4.32. The predicted molar refractivity (Wildman–Crippen MR) is 76.2 cm³/mol. The van der Waals surface area contributed by atoms with Crippen LogP contribution in [0.3, 0.4) is 0 Å². The van der Waals surface area contributed by atoms with Crippen molar-refractivity contribution in [3.63, 3.8) is 0 Å². The van der Waals surface area contributed by atoms with E-state index in [4.69, 9.17) is 0 Å². The van der Waals surface area contributed by atoms with Gasteiger partial charge in [0.2, 0.25) is 0 Å². The first-order valence-electron chi connectivity index (χ1n) is 6.60. The van der Waals surface area contributed by atoms with E-state index >= 15 is 0 Å². The number of aromatic nitrogens is 1. The Morgan fingerprint density at radius 2 is 2.35 bits per heavy atom. The Bertz CT molecular complexity index is 354. The van der Waals surface area contributed by atoms with Crippen molar-refractivity contribution in [1.29, 1.82) is 0 Å². The van der Waals surface area contributed by atoms with Gasteiger partial charge in [-0.1, -0.05) is 26.2 Å². The molecule has 0 spiro atoms. The summed E-state index contributed by atoms with van der Waals surface area (Å²) in [5.41, 5.74) is 0. The van der Waals surface area contributed by atoms with Gasteiger partial charge >= 0.3 is 0 Å². The SMILES string of the molecule is CC1CCCC(CCNc2ncccc2Br)C1. The van der Waals surface area contributed by atoms with E-state index in [1.807, 2.05) is 18.3 Å². The Morgan fingerprint density at radius 3 is 3.12 bits per heavy atom. The van der Waals surface area contributed by atoms with Crippen LogP contribution in [0, 0.1) is 11.8 Å². The largest absolute Gasteiger partial charge is 0.369 e. The van der Waals surface area contributed by atoms with Crippen molar-refractivity contribution in [2.45, 2.75) is 39.0 Å². The van der Waals surface area contributed by atoms with E-state index in [1.165, 1.54) is 32.1 Å². The Kier molecular flexibility index (Phi) is 4.84.